The van der Waals surface area contributed by atoms with Gasteiger partial charge in [0.1, 0.15) is 5.60 Å². The number of ether oxygens (including phenoxy) is 2. The van der Waals surface area contributed by atoms with Gasteiger partial charge in [-0.1, -0.05) is 30.3 Å². The molecule has 3 aromatic rings. The lowest BCUT2D eigenvalue weighted by Gasteiger charge is -2.42. The molecule has 0 aromatic heterocycles. The van der Waals surface area contributed by atoms with E-state index in [0.29, 0.717) is 47.5 Å². The summed E-state index contributed by atoms with van der Waals surface area (Å²) >= 11 is 0. The second-order valence-corrected chi connectivity index (χ2v) is 11.9. The molecule has 4 amide bonds. The molecule has 4 rings (SSSR count). The van der Waals surface area contributed by atoms with E-state index in [-0.39, 0.29) is 19.7 Å². The molecule has 246 valence electrons. The van der Waals surface area contributed by atoms with Crippen LogP contribution in [0.1, 0.15) is 48.7 Å². The van der Waals surface area contributed by atoms with Gasteiger partial charge < -0.3 is 30.5 Å². The molecule has 0 spiro atoms. The maximum absolute atomic E-state index is 13.8. The number of anilines is 2. The number of primary amides is 1. The van der Waals surface area contributed by atoms with Gasteiger partial charge in [-0.2, -0.15) is 0 Å². The zero-order valence-corrected chi connectivity index (χ0v) is 26.0. The Morgan fingerprint density at radius 3 is 2.28 bits per heavy atom. The Hall–Kier alpha value is -4.59. The van der Waals surface area contributed by atoms with E-state index in [4.69, 9.17) is 15.2 Å². The molecule has 13 heteroatoms. The quantitative estimate of drug-likeness (QED) is 0.243. The van der Waals surface area contributed by atoms with Crippen LogP contribution in [0.5, 0.6) is 0 Å². The van der Waals surface area contributed by atoms with Gasteiger partial charge >= 0.3 is 12.1 Å². The lowest BCUT2D eigenvalue weighted by molar-refractivity contribution is -0.162. The number of hydrogen-bond donors (Lipinski definition) is 4. The first-order chi connectivity index (χ1) is 21.8. The van der Waals surface area contributed by atoms with Crippen LogP contribution >= 0.6 is 0 Å². The highest BCUT2D eigenvalue weighted by Crippen LogP contribution is 2.24. The van der Waals surface area contributed by atoms with Gasteiger partial charge in [-0.15, -0.1) is 0 Å². The predicted molar refractivity (Wildman–Crippen MR) is 168 cm³/mol. The van der Waals surface area contributed by atoms with Crippen LogP contribution in [0.15, 0.2) is 66.7 Å². The molecule has 1 aliphatic rings. The minimum atomic E-state index is -1.06. The third-order valence-electron chi connectivity index (χ3n) is 7.20. The first kappa shape index (κ1) is 34.3. The number of carbonyl (C=O) groups excluding carboxylic acids is 3. The number of benzene rings is 3. The van der Waals surface area contributed by atoms with Crippen molar-refractivity contribution < 1.29 is 37.7 Å². The third-order valence-corrected chi connectivity index (χ3v) is 7.20. The summed E-state index contributed by atoms with van der Waals surface area (Å²) in [5.74, 6) is -2.34. The van der Waals surface area contributed by atoms with Crippen molar-refractivity contribution in [3.05, 3.63) is 95.1 Å². The van der Waals surface area contributed by atoms with E-state index in [1.165, 1.54) is 11.0 Å². The van der Waals surface area contributed by atoms with Crippen LogP contribution in [0.2, 0.25) is 0 Å². The molecule has 3 aromatic carbocycles. The van der Waals surface area contributed by atoms with Crippen molar-refractivity contribution in [1.82, 2.24) is 9.80 Å². The molecule has 11 nitrogen and oxygen atoms in total. The normalized spacial score (nSPS) is 15.9. The summed E-state index contributed by atoms with van der Waals surface area (Å²) in [6, 6.07) is 16.2. The second-order valence-electron chi connectivity index (χ2n) is 11.9. The number of carbonyl (C=O) groups is 3. The van der Waals surface area contributed by atoms with Crippen LogP contribution in [0.25, 0.3) is 0 Å². The van der Waals surface area contributed by atoms with Gasteiger partial charge in [0.25, 0.3) is 5.91 Å². The van der Waals surface area contributed by atoms with Crippen LogP contribution in [-0.4, -0.2) is 70.7 Å². The lowest BCUT2D eigenvalue weighted by atomic mass is 10.1. The van der Waals surface area contributed by atoms with Gasteiger partial charge in [0, 0.05) is 18.7 Å². The lowest BCUT2D eigenvalue weighted by Crippen LogP contribution is -2.57. The fourth-order valence-electron chi connectivity index (χ4n) is 5.05. The molecule has 1 saturated heterocycles. The molecule has 1 fully saturated rings. The number of nitrogens with zero attached hydrogens (tertiary/aromatic N) is 2. The van der Waals surface area contributed by atoms with E-state index in [1.807, 2.05) is 4.90 Å². The summed E-state index contributed by atoms with van der Waals surface area (Å²) in [6.45, 7) is 6.08. The van der Waals surface area contributed by atoms with Crippen LogP contribution in [0, 0.1) is 11.6 Å². The van der Waals surface area contributed by atoms with Crippen molar-refractivity contribution in [1.29, 1.82) is 0 Å². The minimum absolute atomic E-state index is 0.0791. The van der Waals surface area contributed by atoms with Crippen LogP contribution < -0.4 is 16.4 Å². The van der Waals surface area contributed by atoms with E-state index in [0.717, 1.165) is 12.1 Å². The number of nitrogens with one attached hydrogen (secondary N) is 2. The van der Waals surface area contributed by atoms with Gasteiger partial charge in [-0.3, -0.25) is 15.0 Å². The molecule has 1 heterocycles. The van der Waals surface area contributed by atoms with Crippen LogP contribution in [0.3, 0.4) is 0 Å². The SMILES string of the molecule is CC(C)(C)OC(=O)Nc1ccccc1NC(=O)c1ccc(CN(C(N)=O)C(CCc2ccc(F)c(F)c2)N2CCOC(O)C2)cc1. The number of urea groups is 1. The standard InChI is InChI=1S/C33H39F2N5O6/c1-33(2,3)46-32(44)38-27-7-5-4-6-26(27)37-30(42)23-12-8-22(9-13-23)19-40(31(36)43)28(39-16-17-45-29(41)20-39)15-11-21-10-14-24(34)25(35)18-21/h4-10,12-14,18,28-29,41H,11,15-17,19-20H2,1-3H3,(H2,36,43)(H,37,42)(H,38,44). The number of para-hydroxylation sites is 2. The number of aliphatic hydroxyl groups is 1. The fourth-order valence-corrected chi connectivity index (χ4v) is 5.05. The molecular weight excluding hydrogens is 600 g/mol. The molecule has 46 heavy (non-hydrogen) atoms. The van der Waals surface area contributed by atoms with E-state index < -0.39 is 47.7 Å². The first-order valence-corrected chi connectivity index (χ1v) is 14.8. The van der Waals surface area contributed by atoms with Crippen molar-refractivity contribution >= 4 is 29.4 Å². The van der Waals surface area contributed by atoms with Crippen molar-refractivity contribution in [3.8, 4) is 0 Å². The maximum atomic E-state index is 13.8. The Bertz CT molecular complexity index is 1530. The molecule has 2 atom stereocenters. The van der Waals surface area contributed by atoms with Crippen LogP contribution in [0.4, 0.5) is 29.7 Å². The highest BCUT2D eigenvalue weighted by molar-refractivity contribution is 6.06. The molecule has 0 bridgehead atoms. The number of rotatable bonds is 10. The average molecular weight is 640 g/mol. The Balaban J connectivity index is 1.47. The number of β-amino-alcohol motifs (C(OH)–C–C–N with tert-alkyl or cyclic N) is 1. The van der Waals surface area contributed by atoms with Gasteiger partial charge in [0.05, 0.1) is 30.7 Å². The number of amides is 4. The Morgan fingerprint density at radius 1 is 1.02 bits per heavy atom. The van der Waals surface area contributed by atoms with E-state index in [2.05, 4.69) is 10.6 Å². The maximum Gasteiger partial charge on any atom is 0.412 e. The van der Waals surface area contributed by atoms with Gasteiger partial charge in [-0.25, -0.2) is 18.4 Å². The monoisotopic (exact) mass is 639 g/mol. The van der Waals surface area contributed by atoms with Crippen molar-refractivity contribution in [2.24, 2.45) is 5.73 Å². The largest absolute Gasteiger partial charge is 0.444 e. The van der Waals surface area contributed by atoms with Crippen molar-refractivity contribution in [2.75, 3.05) is 30.3 Å². The van der Waals surface area contributed by atoms with Gasteiger partial charge in [-0.05, 0) is 81.1 Å². The number of halogens is 2. The van der Waals surface area contributed by atoms with Gasteiger partial charge in [0.15, 0.2) is 17.9 Å². The van der Waals surface area contributed by atoms with E-state index >= 15 is 0 Å². The fraction of sp³-hybridized carbons (Fsp3) is 0.364. The highest BCUT2D eigenvalue weighted by atomic mass is 19.2. The minimum Gasteiger partial charge on any atom is -0.444 e. The highest BCUT2D eigenvalue weighted by Gasteiger charge is 2.31. The number of hydrogen-bond acceptors (Lipinski definition) is 7. The molecule has 1 aliphatic heterocycles. The van der Waals surface area contributed by atoms with Crippen LogP contribution in [-0.2, 0) is 22.4 Å². The number of nitrogens with two attached hydrogens (primary N) is 1. The number of aliphatic hydroxyl groups excluding tert-OH is 1. The Kier molecular flexibility index (Phi) is 11.3. The van der Waals surface area contributed by atoms with E-state index in [1.54, 1.807) is 69.3 Å². The summed E-state index contributed by atoms with van der Waals surface area (Å²) in [5, 5.41) is 15.6. The Morgan fingerprint density at radius 2 is 1.67 bits per heavy atom. The van der Waals surface area contributed by atoms with Crippen molar-refractivity contribution in [3.63, 3.8) is 0 Å². The first-order valence-electron chi connectivity index (χ1n) is 14.8. The Labute approximate surface area is 266 Å². The zero-order chi connectivity index (χ0) is 33.4. The summed E-state index contributed by atoms with van der Waals surface area (Å²) < 4.78 is 37.9. The zero-order valence-electron chi connectivity index (χ0n) is 26.0. The van der Waals surface area contributed by atoms with E-state index in [9.17, 15) is 28.3 Å². The molecule has 0 aliphatic carbocycles. The predicted octanol–water partition coefficient (Wildman–Crippen LogP) is 5.05. The van der Waals surface area contributed by atoms with Gasteiger partial charge in [0.2, 0.25) is 0 Å². The summed E-state index contributed by atoms with van der Waals surface area (Å²) in [5.41, 5.74) is 7.43. The topological polar surface area (TPSA) is 146 Å². The molecular formula is C33H39F2N5O6. The third kappa shape index (κ3) is 9.70. The molecule has 5 N–H and O–H groups in total. The summed E-state index contributed by atoms with van der Waals surface area (Å²) in [7, 11) is 0. The number of aryl methyl sites for hydroxylation is 1. The summed E-state index contributed by atoms with van der Waals surface area (Å²) in [6.07, 6.45) is -1.69. The summed E-state index contributed by atoms with van der Waals surface area (Å²) in [4.78, 5) is 41.4. The number of morpholine rings is 1. The average Bonchev–Trinajstić information content (AvgIpc) is 2.98. The smallest absolute Gasteiger partial charge is 0.412 e. The molecule has 0 radical (unpaired) electrons. The van der Waals surface area contributed by atoms with Crippen molar-refractivity contribution in [2.45, 2.75) is 58.2 Å². The second kappa shape index (κ2) is 15.1. The molecule has 0 saturated carbocycles. The molecule has 2 unspecified atom stereocenters.